The maximum absolute atomic E-state index is 12.1. The second kappa shape index (κ2) is 7.24. The van der Waals surface area contributed by atoms with Crippen LogP contribution >= 0.6 is 23.4 Å². The van der Waals surface area contributed by atoms with Crippen LogP contribution in [-0.4, -0.2) is 25.1 Å². The van der Waals surface area contributed by atoms with Crippen LogP contribution < -0.4 is 10.0 Å². The fourth-order valence-electron chi connectivity index (χ4n) is 2.35. The molecule has 0 aromatic rings. The van der Waals surface area contributed by atoms with Crippen LogP contribution in [0.4, 0.5) is 0 Å². The molecule has 5 nitrogen and oxygen atoms in total. The van der Waals surface area contributed by atoms with Crippen LogP contribution in [-0.2, 0) is 10.0 Å². The molecule has 0 saturated heterocycles. The van der Waals surface area contributed by atoms with Crippen molar-refractivity contribution in [1.82, 2.24) is 10.0 Å². The number of rotatable bonds is 6. The highest BCUT2D eigenvalue weighted by Crippen LogP contribution is 2.42. The normalized spacial score (nSPS) is 27.2. The molecule has 0 bridgehead atoms. The van der Waals surface area contributed by atoms with Crippen molar-refractivity contribution in [3.63, 3.8) is 0 Å². The van der Waals surface area contributed by atoms with Crippen molar-refractivity contribution in [3.8, 4) is 0 Å². The number of hydrogen-bond acceptors (Lipinski definition) is 4. The highest BCUT2D eigenvalue weighted by molar-refractivity contribution is 8.19. The van der Waals surface area contributed by atoms with E-state index in [-0.39, 0.29) is 10.8 Å². The lowest BCUT2D eigenvalue weighted by Gasteiger charge is -2.21. The van der Waals surface area contributed by atoms with E-state index in [1.54, 1.807) is 0 Å². The number of aliphatic imine (C=N–C) groups is 1. The second-order valence-corrected chi connectivity index (χ2v) is 9.28. The first kappa shape index (κ1) is 17.0. The molecule has 0 fully saturated rings. The average molecular weight is 352 g/mol. The third kappa shape index (κ3) is 4.53. The van der Waals surface area contributed by atoms with Gasteiger partial charge in [0.05, 0.1) is 10.8 Å². The van der Waals surface area contributed by atoms with Crippen LogP contribution in [0.2, 0.25) is 0 Å². The van der Waals surface area contributed by atoms with Crippen LogP contribution in [0.3, 0.4) is 0 Å². The second-order valence-electron chi connectivity index (χ2n) is 5.40. The number of allylic oxidation sites excluding steroid dienone is 1. The van der Waals surface area contributed by atoms with Gasteiger partial charge in [-0.2, -0.15) is 0 Å². The van der Waals surface area contributed by atoms with Gasteiger partial charge >= 0.3 is 0 Å². The monoisotopic (exact) mass is 351 g/mol. The first-order valence-corrected chi connectivity index (χ1v) is 10.1. The maximum Gasteiger partial charge on any atom is 0.272 e. The van der Waals surface area contributed by atoms with Crippen molar-refractivity contribution in [1.29, 1.82) is 0 Å². The summed E-state index contributed by atoms with van der Waals surface area (Å²) >= 11 is 7.19. The number of halogens is 1. The number of alkyl halides is 1. The van der Waals surface area contributed by atoms with Gasteiger partial charge in [-0.1, -0.05) is 44.4 Å². The largest absolute Gasteiger partial charge is 0.327 e. The number of nitrogens with zero attached hydrogens (tertiary/aromatic N) is 1. The molecule has 2 aliphatic rings. The highest BCUT2D eigenvalue weighted by Gasteiger charge is 2.37. The summed E-state index contributed by atoms with van der Waals surface area (Å²) in [6.45, 7) is 4.19. The standard InChI is InChI=1S/C13H22ClN3O2S2/c1-3-4-5-6-7-9(2)15-13-16-10-8-11(14)20-12(10)21(18,19)17-13/h9,11H,3-8H2,1-2H3,(H2,15,16,17). The van der Waals surface area contributed by atoms with Gasteiger partial charge in [0.1, 0.15) is 4.24 Å². The maximum atomic E-state index is 12.1. The van der Waals surface area contributed by atoms with E-state index in [1.807, 2.05) is 6.92 Å². The Labute approximate surface area is 136 Å². The molecule has 21 heavy (non-hydrogen) atoms. The molecule has 2 aliphatic heterocycles. The molecule has 2 rings (SSSR count). The van der Waals surface area contributed by atoms with Crippen LogP contribution in [0.1, 0.15) is 52.4 Å². The summed E-state index contributed by atoms with van der Waals surface area (Å²) in [6.07, 6.45) is 6.24. The zero-order chi connectivity index (χ0) is 15.5. The van der Waals surface area contributed by atoms with E-state index in [0.717, 1.165) is 12.8 Å². The van der Waals surface area contributed by atoms with E-state index in [1.165, 1.54) is 31.0 Å². The summed E-state index contributed by atoms with van der Waals surface area (Å²) in [5, 5.41) is 3.07. The van der Waals surface area contributed by atoms with E-state index >= 15 is 0 Å². The summed E-state index contributed by atoms with van der Waals surface area (Å²) < 4.78 is 26.8. The zero-order valence-corrected chi connectivity index (χ0v) is 14.7. The molecule has 0 radical (unpaired) electrons. The number of hydrogen-bond donors (Lipinski definition) is 2. The Morgan fingerprint density at radius 3 is 2.90 bits per heavy atom. The highest BCUT2D eigenvalue weighted by atomic mass is 35.5. The van der Waals surface area contributed by atoms with Crippen molar-refractivity contribution < 1.29 is 8.42 Å². The molecule has 0 amide bonds. The van der Waals surface area contributed by atoms with Gasteiger partial charge in [0.15, 0.2) is 0 Å². The summed E-state index contributed by atoms with van der Waals surface area (Å²) in [4.78, 5) is 4.44. The fraction of sp³-hybridized carbons (Fsp3) is 0.769. The molecule has 0 aromatic heterocycles. The Hall–Kier alpha value is -0.400. The Morgan fingerprint density at radius 1 is 1.43 bits per heavy atom. The molecule has 2 N–H and O–H groups in total. The van der Waals surface area contributed by atoms with Gasteiger partial charge in [0.25, 0.3) is 10.0 Å². The van der Waals surface area contributed by atoms with E-state index in [2.05, 4.69) is 22.0 Å². The SMILES string of the molecule is CCCCCCC(C)N=C1NC2=C(SC(Cl)C2)S(=O)(=O)N1. The van der Waals surface area contributed by atoms with Crippen LogP contribution in [0, 0.1) is 0 Å². The van der Waals surface area contributed by atoms with E-state index in [4.69, 9.17) is 11.6 Å². The van der Waals surface area contributed by atoms with Gasteiger partial charge in [-0.25, -0.2) is 18.1 Å². The van der Waals surface area contributed by atoms with Crippen molar-refractivity contribution in [2.24, 2.45) is 4.99 Å². The van der Waals surface area contributed by atoms with Gasteiger partial charge in [0.2, 0.25) is 5.96 Å². The quantitative estimate of drug-likeness (QED) is 0.570. The lowest BCUT2D eigenvalue weighted by atomic mass is 10.1. The first-order chi connectivity index (χ1) is 9.92. The summed E-state index contributed by atoms with van der Waals surface area (Å²) in [6, 6.07) is 0.0926. The summed E-state index contributed by atoms with van der Waals surface area (Å²) in [5.74, 6) is 0.322. The Kier molecular flexibility index (Phi) is 5.85. The lowest BCUT2D eigenvalue weighted by molar-refractivity contribution is 0.572. The molecule has 0 saturated carbocycles. The predicted molar refractivity (Wildman–Crippen MR) is 89.7 cm³/mol. The van der Waals surface area contributed by atoms with Gasteiger partial charge in [-0.3, -0.25) is 0 Å². The van der Waals surface area contributed by atoms with Crippen molar-refractivity contribution in [2.45, 2.75) is 63.1 Å². The van der Waals surface area contributed by atoms with Crippen LogP contribution in [0.15, 0.2) is 14.9 Å². The number of nitrogens with one attached hydrogen (secondary N) is 2. The number of unbranched alkanes of at least 4 members (excludes halogenated alkanes) is 3. The van der Waals surface area contributed by atoms with Crippen LogP contribution in [0.5, 0.6) is 0 Å². The van der Waals surface area contributed by atoms with Crippen molar-refractivity contribution in [2.75, 3.05) is 0 Å². The summed E-state index contributed by atoms with van der Waals surface area (Å²) in [7, 11) is -3.50. The average Bonchev–Trinajstić information content (AvgIpc) is 2.76. The van der Waals surface area contributed by atoms with E-state index in [9.17, 15) is 8.42 Å². The minimum absolute atomic E-state index is 0.0926. The lowest BCUT2D eigenvalue weighted by Crippen LogP contribution is -2.45. The fourth-order valence-corrected chi connectivity index (χ4v) is 5.58. The van der Waals surface area contributed by atoms with E-state index in [0.29, 0.717) is 22.3 Å². The number of sulfonamides is 1. The molecule has 2 atom stereocenters. The van der Waals surface area contributed by atoms with Crippen molar-refractivity contribution >= 4 is 39.3 Å². The Balaban J connectivity index is 1.98. The zero-order valence-electron chi connectivity index (χ0n) is 12.4. The molecular formula is C13H22ClN3O2S2. The third-order valence-corrected chi connectivity index (χ3v) is 6.86. The minimum Gasteiger partial charge on any atom is -0.327 e. The van der Waals surface area contributed by atoms with Gasteiger partial charge in [0, 0.05) is 12.1 Å². The molecule has 0 aromatic carbocycles. The van der Waals surface area contributed by atoms with Gasteiger partial charge in [-0.15, -0.1) is 11.6 Å². The molecule has 2 heterocycles. The van der Waals surface area contributed by atoms with E-state index < -0.39 is 10.0 Å². The molecule has 2 unspecified atom stereocenters. The van der Waals surface area contributed by atoms with Gasteiger partial charge < -0.3 is 5.32 Å². The first-order valence-electron chi connectivity index (χ1n) is 7.34. The van der Waals surface area contributed by atoms with Crippen molar-refractivity contribution in [3.05, 3.63) is 9.93 Å². The minimum atomic E-state index is -3.50. The molecule has 0 aliphatic carbocycles. The summed E-state index contributed by atoms with van der Waals surface area (Å²) in [5.41, 5.74) is 0.663. The Bertz CT molecular complexity index is 546. The smallest absolute Gasteiger partial charge is 0.272 e. The predicted octanol–water partition coefficient (Wildman–Crippen LogP) is 3.09. The van der Waals surface area contributed by atoms with Crippen LogP contribution in [0.25, 0.3) is 0 Å². The molecular weight excluding hydrogens is 330 g/mol. The third-order valence-electron chi connectivity index (χ3n) is 3.42. The van der Waals surface area contributed by atoms with Gasteiger partial charge in [-0.05, 0) is 13.3 Å². The topological polar surface area (TPSA) is 70.6 Å². The molecule has 8 heteroatoms. The molecule has 0 spiro atoms. The number of thioether (sulfide) groups is 1. The Morgan fingerprint density at radius 2 is 2.19 bits per heavy atom. The molecule has 120 valence electrons. The number of guanidine groups is 1.